The monoisotopic (exact) mass is 940 g/mol. The number of halogens is 23. The predicted molar refractivity (Wildman–Crippen MR) is 171 cm³/mol. The van der Waals surface area contributed by atoms with E-state index in [0.29, 0.717) is 0 Å². The van der Waals surface area contributed by atoms with Crippen molar-refractivity contribution < 1.29 is 101 Å². The third-order valence-corrected chi connectivity index (χ3v) is 9.58. The molecule has 8 rings (SSSR count). The van der Waals surface area contributed by atoms with Gasteiger partial charge in [0.1, 0.15) is 22.4 Å². The topological polar surface area (TPSA) is 60.3 Å². The van der Waals surface area contributed by atoms with E-state index in [1.807, 2.05) is 0 Å². The van der Waals surface area contributed by atoms with Crippen LogP contribution in [-0.2, 0) is 0 Å². The van der Waals surface area contributed by atoms with Gasteiger partial charge in [-0.05, 0) is 0 Å². The van der Waals surface area contributed by atoms with Crippen molar-refractivity contribution in [3.63, 3.8) is 0 Å². The Morgan fingerprint density at radius 3 is 0.641 bits per heavy atom. The van der Waals surface area contributed by atoms with Crippen molar-refractivity contribution in [2.24, 2.45) is 0 Å². The summed E-state index contributed by atoms with van der Waals surface area (Å²) < 4.78 is 352. The first kappa shape index (κ1) is 43.4. The summed E-state index contributed by atoms with van der Waals surface area (Å²) in [4.78, 5) is 6.84. The molecule has 0 radical (unpaired) electrons. The van der Waals surface area contributed by atoms with Crippen LogP contribution in [0, 0.1) is 122 Å². The molecule has 0 aliphatic carbocycles. The zero-order valence-corrected chi connectivity index (χ0v) is 29.1. The molecule has 0 saturated heterocycles. The molecule has 8 bridgehead atoms. The molecular weight excluding hydrogens is 937 g/mol. The largest absolute Gasteiger partial charge is 0.349 e. The molecule has 0 saturated carbocycles. The lowest BCUT2D eigenvalue weighted by atomic mass is 10.00. The Morgan fingerprint density at radius 1 is 0.188 bits per heavy atom. The van der Waals surface area contributed by atoms with Crippen molar-refractivity contribution in [2.75, 3.05) is 0 Å². The summed E-state index contributed by atoms with van der Waals surface area (Å²) in [6.07, 6.45) is 0. The Bertz CT molecular complexity index is 3400. The molecular formula is C37H3F23N4. The molecule has 7 aromatic rings. The number of aromatic nitrogens is 4. The highest BCUT2D eigenvalue weighted by molar-refractivity contribution is 6.03. The fourth-order valence-electron chi connectivity index (χ4n) is 6.72. The normalized spacial score (nSPS) is 12.5. The highest BCUT2D eigenvalue weighted by atomic mass is 19.2. The maximum absolute atomic E-state index is 16.3. The molecule has 1 aliphatic rings. The molecule has 0 atom stereocenters. The van der Waals surface area contributed by atoms with Gasteiger partial charge in [0.05, 0.1) is 38.8 Å². The number of rotatable bonds is 3. The fraction of sp³-hybridized carbons (Fsp3) is 0. The summed E-state index contributed by atoms with van der Waals surface area (Å²) in [5, 5.41) is 0. The van der Waals surface area contributed by atoms with Crippen molar-refractivity contribution in [1.29, 1.82) is 0 Å². The van der Waals surface area contributed by atoms with E-state index < -0.39 is 212 Å². The van der Waals surface area contributed by atoms with Gasteiger partial charge < -0.3 is 15.0 Å². The molecule has 64 heavy (non-hydrogen) atoms. The average Bonchev–Trinajstić information content (AvgIpc) is 3.93. The van der Waals surface area contributed by atoms with Gasteiger partial charge in [0.15, 0.2) is 116 Å². The summed E-state index contributed by atoms with van der Waals surface area (Å²) in [6.45, 7) is 0. The summed E-state index contributed by atoms with van der Waals surface area (Å²) >= 11 is 0. The molecule has 0 fully saturated rings. The van der Waals surface area contributed by atoms with Gasteiger partial charge in [-0.2, -0.15) is 0 Å². The minimum Gasteiger partial charge on any atom is -0.349 e. The lowest BCUT2D eigenvalue weighted by Crippen LogP contribution is -2.06. The van der Waals surface area contributed by atoms with E-state index >= 15 is 61.5 Å². The maximum atomic E-state index is 16.3. The molecule has 0 unspecified atom stereocenters. The summed E-state index contributed by atoms with van der Waals surface area (Å²) in [6, 6.07) is 0. The first-order chi connectivity index (χ1) is 29.9. The summed E-state index contributed by atoms with van der Waals surface area (Å²) in [7, 11) is 0. The van der Waals surface area contributed by atoms with E-state index in [9.17, 15) is 39.5 Å². The molecule has 27 heteroatoms. The highest BCUT2D eigenvalue weighted by Crippen LogP contribution is 2.48. The molecule has 4 aromatic heterocycles. The third kappa shape index (κ3) is 5.56. The minimum absolute atomic E-state index is 1.21. The number of fused-ring (bicyclic) bond motifs is 9. The van der Waals surface area contributed by atoms with Crippen molar-refractivity contribution >= 4 is 44.8 Å². The van der Waals surface area contributed by atoms with Gasteiger partial charge in [-0.1, -0.05) is 0 Å². The molecule has 332 valence electrons. The van der Waals surface area contributed by atoms with Gasteiger partial charge in [-0.25, -0.2) is 106 Å². The summed E-state index contributed by atoms with van der Waals surface area (Å²) in [5.41, 5.74) is -33.7. The molecule has 4 nitrogen and oxygen atoms in total. The number of aromatic amines is 3. The summed E-state index contributed by atoms with van der Waals surface area (Å²) in [5.74, 6) is -69.4. The standard InChI is InChI=1S/C37H3F23N4/c38-7-1(8(39)14(45)19(50)13(7)44)4-30-22(53)24(55)32(61-30)5(2-9(40)15(46)20(51)16(47)10(2)41)34-26(57)28(59)36(63-34)37-29(60)27(58)35(64-37)6(33-25(56)23(54)31(4)62-33)3-11(42)17(48)21(52)18(49)12(3)43/h61,63-64H. The van der Waals surface area contributed by atoms with E-state index in [2.05, 4.69) is 4.98 Å². The van der Waals surface area contributed by atoms with Gasteiger partial charge in [-0.15, -0.1) is 0 Å². The Hall–Kier alpha value is -7.22. The van der Waals surface area contributed by atoms with Crippen LogP contribution in [0.5, 0.6) is 0 Å². The van der Waals surface area contributed by atoms with Gasteiger partial charge >= 0.3 is 0 Å². The molecule has 3 N–H and O–H groups in total. The van der Waals surface area contributed by atoms with Crippen LogP contribution in [-0.4, -0.2) is 19.9 Å². The first-order valence-electron chi connectivity index (χ1n) is 16.3. The van der Waals surface area contributed by atoms with Crippen molar-refractivity contribution in [3.05, 3.63) is 134 Å². The Kier molecular flexibility index (Phi) is 9.78. The van der Waals surface area contributed by atoms with E-state index in [1.54, 1.807) is 0 Å². The maximum Gasteiger partial charge on any atom is 0.200 e. The van der Waals surface area contributed by atoms with Crippen LogP contribution in [0.15, 0.2) is 0 Å². The number of hydrogen-bond donors (Lipinski definition) is 3. The highest BCUT2D eigenvalue weighted by Gasteiger charge is 2.39. The van der Waals surface area contributed by atoms with E-state index in [1.165, 1.54) is 15.0 Å². The second-order valence-electron chi connectivity index (χ2n) is 12.9. The lowest BCUT2D eigenvalue weighted by molar-refractivity contribution is 0.381. The lowest BCUT2D eigenvalue weighted by Gasteiger charge is -2.11. The number of nitrogens with zero attached hydrogens (tertiary/aromatic N) is 1. The SMILES string of the molecule is FC1=C(F)c2nc1c(-c1c(F)c(F)c(F)c(F)c1F)c1[nH]c(c(F)c1F)c(-c1c(F)c(F)c(F)c(F)c1F)c1[nH]c(c(F)c1F)c1[nH]c(c(F)c1F)c2-c1c(F)c(F)c(F)c(F)c1F. The molecule has 0 spiro atoms. The van der Waals surface area contributed by atoms with Crippen LogP contribution in [0.25, 0.3) is 78.1 Å². The smallest absolute Gasteiger partial charge is 0.200 e. The van der Waals surface area contributed by atoms with Crippen LogP contribution in [0.3, 0.4) is 0 Å². The number of H-pyrrole nitrogens is 3. The second kappa shape index (κ2) is 14.4. The Balaban J connectivity index is 1.82. The molecule has 3 aromatic carbocycles. The minimum atomic E-state index is -3.16. The third-order valence-electron chi connectivity index (χ3n) is 9.58. The van der Waals surface area contributed by atoms with Gasteiger partial charge in [-0.3, -0.25) is 0 Å². The molecule has 5 heterocycles. The Labute approximate surface area is 332 Å². The first-order valence-corrected chi connectivity index (χ1v) is 16.3. The number of hydrogen-bond acceptors (Lipinski definition) is 1. The van der Waals surface area contributed by atoms with Crippen LogP contribution >= 0.6 is 0 Å². The second-order valence-corrected chi connectivity index (χ2v) is 12.9. The van der Waals surface area contributed by atoms with Gasteiger partial charge in [0.25, 0.3) is 0 Å². The average molecular weight is 940 g/mol. The van der Waals surface area contributed by atoms with E-state index in [-0.39, 0.29) is 0 Å². The van der Waals surface area contributed by atoms with Gasteiger partial charge in [0.2, 0.25) is 17.5 Å². The number of nitrogens with one attached hydrogen (secondary N) is 3. The van der Waals surface area contributed by atoms with E-state index in [4.69, 9.17) is 0 Å². The molecule has 1 aliphatic heterocycles. The van der Waals surface area contributed by atoms with Crippen LogP contribution < -0.4 is 0 Å². The number of benzene rings is 3. The fourth-order valence-corrected chi connectivity index (χ4v) is 6.72. The quantitative estimate of drug-likeness (QED) is 0.0923. The van der Waals surface area contributed by atoms with Crippen molar-refractivity contribution in [1.82, 2.24) is 19.9 Å². The van der Waals surface area contributed by atoms with Crippen molar-refractivity contribution in [3.8, 4) is 33.4 Å². The predicted octanol–water partition coefficient (Wildman–Crippen LogP) is 13.2. The van der Waals surface area contributed by atoms with Crippen LogP contribution in [0.1, 0.15) is 11.4 Å². The van der Waals surface area contributed by atoms with Crippen LogP contribution in [0.2, 0.25) is 0 Å². The molecule has 0 amide bonds. The van der Waals surface area contributed by atoms with Gasteiger partial charge in [0, 0.05) is 16.7 Å². The zero-order valence-electron chi connectivity index (χ0n) is 29.1. The van der Waals surface area contributed by atoms with Crippen LogP contribution in [0.4, 0.5) is 101 Å². The van der Waals surface area contributed by atoms with E-state index in [0.717, 1.165) is 0 Å². The zero-order chi connectivity index (χ0) is 47.2. The van der Waals surface area contributed by atoms with Crippen molar-refractivity contribution in [2.45, 2.75) is 0 Å². The Morgan fingerprint density at radius 2 is 0.375 bits per heavy atom.